The maximum atomic E-state index is 12.5. The number of halogens is 1. The Labute approximate surface area is 150 Å². The minimum absolute atomic E-state index is 0.176. The van der Waals surface area contributed by atoms with Gasteiger partial charge >= 0.3 is 0 Å². The van der Waals surface area contributed by atoms with Gasteiger partial charge in [-0.25, -0.2) is 0 Å². The lowest BCUT2D eigenvalue weighted by Gasteiger charge is -2.30. The summed E-state index contributed by atoms with van der Waals surface area (Å²) in [5, 5.41) is 4.04. The summed E-state index contributed by atoms with van der Waals surface area (Å²) in [6, 6.07) is 14.6. The fourth-order valence-corrected chi connectivity index (χ4v) is 3.82. The fourth-order valence-electron chi connectivity index (χ4n) is 2.66. The molecule has 4 nitrogen and oxygen atoms in total. The monoisotopic (exact) mass is 359 g/mol. The van der Waals surface area contributed by atoms with Crippen molar-refractivity contribution in [2.24, 2.45) is 10.7 Å². The molecule has 124 valence electrons. The van der Waals surface area contributed by atoms with E-state index in [1.165, 1.54) is 0 Å². The Kier molecular flexibility index (Phi) is 4.83. The summed E-state index contributed by atoms with van der Waals surface area (Å²) < 4.78 is 0. The van der Waals surface area contributed by atoms with E-state index in [9.17, 15) is 4.79 Å². The molecular weight excluding hydrogens is 342 g/mol. The molecule has 1 heterocycles. The highest BCUT2D eigenvalue weighted by Gasteiger charge is 2.29. The molecule has 0 radical (unpaired) electrons. The molecule has 3 N–H and O–H groups in total. The van der Waals surface area contributed by atoms with Gasteiger partial charge in [-0.1, -0.05) is 41.6 Å². The van der Waals surface area contributed by atoms with Gasteiger partial charge < -0.3 is 11.1 Å². The number of nitrogens with one attached hydrogen (secondary N) is 1. The van der Waals surface area contributed by atoms with Crippen molar-refractivity contribution in [2.45, 2.75) is 18.9 Å². The van der Waals surface area contributed by atoms with Crippen LogP contribution in [0, 0.1) is 0 Å². The molecule has 0 saturated carbocycles. The van der Waals surface area contributed by atoms with Crippen LogP contribution in [-0.4, -0.2) is 16.8 Å². The van der Waals surface area contributed by atoms with Crippen LogP contribution in [0.4, 0.5) is 5.69 Å². The second-order valence-corrected chi connectivity index (χ2v) is 7.42. The van der Waals surface area contributed by atoms with Crippen LogP contribution < -0.4 is 11.1 Å². The average molecular weight is 360 g/mol. The van der Waals surface area contributed by atoms with E-state index in [0.717, 1.165) is 17.7 Å². The lowest BCUT2D eigenvalue weighted by molar-refractivity contribution is 0.102. The predicted molar refractivity (Wildman–Crippen MR) is 102 cm³/mol. The number of aliphatic imine (C=N–C) groups is 1. The van der Waals surface area contributed by atoms with Crippen LogP contribution in [-0.2, 0) is 5.54 Å². The van der Waals surface area contributed by atoms with Crippen molar-refractivity contribution in [3.8, 4) is 0 Å². The molecule has 3 rings (SSSR count). The number of benzene rings is 2. The molecule has 0 aliphatic carbocycles. The number of hydrogen-bond acceptors (Lipinski definition) is 4. The number of carbonyl (C=O) groups is 1. The number of amidine groups is 1. The van der Waals surface area contributed by atoms with Crippen LogP contribution in [0.25, 0.3) is 0 Å². The van der Waals surface area contributed by atoms with E-state index in [4.69, 9.17) is 17.3 Å². The van der Waals surface area contributed by atoms with Gasteiger partial charge in [0.15, 0.2) is 5.17 Å². The SMILES string of the molecule is CC1(c2cccc(C(=O)Nc3cccc(Cl)c3)c2)CCSC(N)=N1. The van der Waals surface area contributed by atoms with Crippen molar-refractivity contribution >= 4 is 40.1 Å². The van der Waals surface area contributed by atoms with Crippen molar-refractivity contribution in [3.63, 3.8) is 0 Å². The molecule has 1 unspecified atom stereocenters. The number of nitrogens with two attached hydrogens (primary N) is 1. The van der Waals surface area contributed by atoms with Crippen molar-refractivity contribution in [3.05, 3.63) is 64.7 Å². The maximum absolute atomic E-state index is 12.5. The second-order valence-electron chi connectivity index (χ2n) is 5.87. The van der Waals surface area contributed by atoms with E-state index in [0.29, 0.717) is 21.4 Å². The molecule has 6 heteroatoms. The molecule has 0 fully saturated rings. The molecule has 1 aliphatic rings. The highest BCUT2D eigenvalue weighted by molar-refractivity contribution is 8.13. The Morgan fingerprint density at radius 2 is 2.08 bits per heavy atom. The summed E-state index contributed by atoms with van der Waals surface area (Å²) in [6.45, 7) is 2.05. The van der Waals surface area contributed by atoms with E-state index < -0.39 is 0 Å². The molecule has 0 bridgehead atoms. The van der Waals surface area contributed by atoms with Gasteiger partial charge in [0.25, 0.3) is 5.91 Å². The fraction of sp³-hybridized carbons (Fsp3) is 0.222. The quantitative estimate of drug-likeness (QED) is 0.860. The Bertz CT molecular complexity index is 808. The second kappa shape index (κ2) is 6.87. The van der Waals surface area contributed by atoms with E-state index in [1.807, 2.05) is 25.1 Å². The molecule has 1 amide bonds. The molecule has 0 aromatic heterocycles. The lowest BCUT2D eigenvalue weighted by atomic mass is 9.88. The maximum Gasteiger partial charge on any atom is 0.255 e. The van der Waals surface area contributed by atoms with Gasteiger partial charge in [-0.3, -0.25) is 9.79 Å². The number of nitrogens with zero attached hydrogens (tertiary/aromatic N) is 1. The third-order valence-electron chi connectivity index (χ3n) is 4.02. The van der Waals surface area contributed by atoms with Gasteiger partial charge in [-0.15, -0.1) is 0 Å². The standard InChI is InChI=1S/C18H18ClN3OS/c1-18(8-9-24-17(20)22-18)13-5-2-4-12(10-13)16(23)21-15-7-3-6-14(19)11-15/h2-7,10-11H,8-9H2,1H3,(H2,20,22)(H,21,23). The smallest absolute Gasteiger partial charge is 0.255 e. The van der Waals surface area contributed by atoms with Crippen LogP contribution >= 0.6 is 23.4 Å². The van der Waals surface area contributed by atoms with Gasteiger partial charge in [0.05, 0.1) is 5.54 Å². The number of thioether (sulfide) groups is 1. The Morgan fingerprint density at radius 1 is 1.29 bits per heavy atom. The normalized spacial score (nSPS) is 20.3. The molecular formula is C18H18ClN3OS. The van der Waals surface area contributed by atoms with Crippen molar-refractivity contribution in [1.82, 2.24) is 0 Å². The minimum Gasteiger partial charge on any atom is -0.379 e. The van der Waals surface area contributed by atoms with Crippen LogP contribution in [0.2, 0.25) is 5.02 Å². The van der Waals surface area contributed by atoms with E-state index in [2.05, 4.69) is 10.3 Å². The first kappa shape index (κ1) is 16.9. The van der Waals surface area contributed by atoms with Gasteiger partial charge in [-0.05, 0) is 49.2 Å². The summed E-state index contributed by atoms with van der Waals surface area (Å²) >= 11 is 7.52. The lowest BCUT2D eigenvalue weighted by Crippen LogP contribution is -2.29. The topological polar surface area (TPSA) is 67.5 Å². The molecule has 1 aliphatic heterocycles. The number of carbonyl (C=O) groups excluding carboxylic acids is 1. The average Bonchev–Trinajstić information content (AvgIpc) is 2.55. The third-order valence-corrected chi connectivity index (χ3v) is 5.06. The Hall–Kier alpha value is -1.98. The first-order chi connectivity index (χ1) is 11.5. The molecule has 0 saturated heterocycles. The Balaban J connectivity index is 1.85. The number of amides is 1. The zero-order valence-corrected chi connectivity index (χ0v) is 14.8. The van der Waals surface area contributed by atoms with Gasteiger partial charge in [0.1, 0.15) is 0 Å². The number of anilines is 1. The third kappa shape index (κ3) is 3.74. The molecule has 1 atom stereocenters. The van der Waals surface area contributed by atoms with E-state index in [-0.39, 0.29) is 11.4 Å². The van der Waals surface area contributed by atoms with Gasteiger partial charge in [-0.2, -0.15) is 0 Å². The zero-order chi connectivity index (χ0) is 17.2. The van der Waals surface area contributed by atoms with Crippen LogP contribution in [0.15, 0.2) is 53.5 Å². The van der Waals surface area contributed by atoms with Crippen molar-refractivity contribution in [2.75, 3.05) is 11.1 Å². The number of rotatable bonds is 3. The van der Waals surface area contributed by atoms with Gasteiger partial charge in [0, 0.05) is 22.0 Å². The van der Waals surface area contributed by atoms with E-state index >= 15 is 0 Å². The molecule has 24 heavy (non-hydrogen) atoms. The summed E-state index contributed by atoms with van der Waals surface area (Å²) in [7, 11) is 0. The summed E-state index contributed by atoms with van der Waals surface area (Å²) in [5.41, 5.74) is 7.74. The van der Waals surface area contributed by atoms with Crippen molar-refractivity contribution in [1.29, 1.82) is 0 Å². The number of hydrogen-bond donors (Lipinski definition) is 2. The molecule has 2 aromatic carbocycles. The Morgan fingerprint density at radius 3 is 2.83 bits per heavy atom. The van der Waals surface area contributed by atoms with Crippen LogP contribution in [0.1, 0.15) is 29.3 Å². The minimum atomic E-state index is -0.387. The zero-order valence-electron chi connectivity index (χ0n) is 13.3. The van der Waals surface area contributed by atoms with E-state index in [1.54, 1.807) is 42.1 Å². The first-order valence-corrected chi connectivity index (χ1v) is 8.98. The van der Waals surface area contributed by atoms with Gasteiger partial charge in [0.2, 0.25) is 0 Å². The first-order valence-electron chi connectivity index (χ1n) is 7.62. The van der Waals surface area contributed by atoms with Crippen molar-refractivity contribution < 1.29 is 4.79 Å². The summed E-state index contributed by atoms with van der Waals surface area (Å²) in [5.74, 6) is 0.745. The highest BCUT2D eigenvalue weighted by atomic mass is 35.5. The molecule has 0 spiro atoms. The van der Waals surface area contributed by atoms with Crippen LogP contribution in [0.5, 0.6) is 0 Å². The molecule has 2 aromatic rings. The summed E-state index contributed by atoms with van der Waals surface area (Å²) in [6.07, 6.45) is 0.887. The largest absolute Gasteiger partial charge is 0.379 e. The summed E-state index contributed by atoms with van der Waals surface area (Å²) in [4.78, 5) is 17.1. The van der Waals surface area contributed by atoms with Crippen LogP contribution in [0.3, 0.4) is 0 Å². The predicted octanol–water partition coefficient (Wildman–Crippen LogP) is 4.26. The highest BCUT2D eigenvalue weighted by Crippen LogP contribution is 2.35.